The zero-order valence-electron chi connectivity index (χ0n) is 13.9. The Hall–Kier alpha value is -3.22. The maximum Gasteiger partial charge on any atom is 0.339 e. The average Bonchev–Trinajstić information content (AvgIpc) is 2.66. The summed E-state index contributed by atoms with van der Waals surface area (Å²) in [5, 5.41) is 2.48. The van der Waals surface area contributed by atoms with Crippen molar-refractivity contribution in [1.82, 2.24) is 10.3 Å². The van der Waals surface area contributed by atoms with E-state index in [9.17, 15) is 14.4 Å². The Morgan fingerprint density at radius 3 is 2.80 bits per heavy atom. The first-order chi connectivity index (χ1) is 12.0. The fourth-order valence-corrected chi connectivity index (χ4v) is 2.69. The highest BCUT2D eigenvalue weighted by Gasteiger charge is 2.33. The van der Waals surface area contributed by atoms with Crippen LogP contribution in [0, 0.1) is 0 Å². The summed E-state index contributed by atoms with van der Waals surface area (Å²) in [5.74, 6) is -1.22. The maximum absolute atomic E-state index is 12.7. The summed E-state index contributed by atoms with van der Waals surface area (Å²) in [7, 11) is 3.07. The molecule has 3 rings (SSSR count). The minimum absolute atomic E-state index is 0.200. The molecule has 1 N–H and O–H groups in total. The van der Waals surface area contributed by atoms with Gasteiger partial charge in [-0.25, -0.2) is 4.79 Å². The summed E-state index contributed by atoms with van der Waals surface area (Å²) in [6, 6.07) is 10.2. The molecular weight excluding hydrogens is 322 g/mol. The number of rotatable bonds is 3. The van der Waals surface area contributed by atoms with Crippen molar-refractivity contribution in [3.05, 3.63) is 59.4 Å². The quantitative estimate of drug-likeness (QED) is 0.849. The monoisotopic (exact) mass is 339 g/mol. The Balaban J connectivity index is 1.82. The second-order valence-electron chi connectivity index (χ2n) is 5.63. The number of pyridine rings is 1. The summed E-state index contributed by atoms with van der Waals surface area (Å²) >= 11 is 0. The number of hydrogen-bond donors (Lipinski definition) is 1. The molecule has 25 heavy (non-hydrogen) atoms. The van der Waals surface area contributed by atoms with Gasteiger partial charge < -0.3 is 15.0 Å². The van der Waals surface area contributed by atoms with Gasteiger partial charge in [-0.05, 0) is 23.8 Å². The van der Waals surface area contributed by atoms with E-state index in [4.69, 9.17) is 4.74 Å². The van der Waals surface area contributed by atoms with Gasteiger partial charge in [0.25, 0.3) is 11.8 Å². The van der Waals surface area contributed by atoms with Crippen molar-refractivity contribution in [2.75, 3.05) is 19.0 Å². The van der Waals surface area contributed by atoms with E-state index in [1.54, 1.807) is 25.2 Å². The van der Waals surface area contributed by atoms with Crippen molar-refractivity contribution in [2.24, 2.45) is 0 Å². The molecule has 7 nitrogen and oxygen atoms in total. The second kappa shape index (κ2) is 6.72. The van der Waals surface area contributed by atoms with Crippen molar-refractivity contribution < 1.29 is 19.1 Å². The number of carbonyl (C=O) groups excluding carboxylic acids is 3. The van der Waals surface area contributed by atoms with Gasteiger partial charge in [-0.15, -0.1) is 0 Å². The first kappa shape index (κ1) is 16.6. The van der Waals surface area contributed by atoms with Crippen molar-refractivity contribution in [3.63, 3.8) is 0 Å². The number of hydrogen-bond acceptors (Lipinski definition) is 5. The van der Waals surface area contributed by atoms with E-state index in [1.165, 1.54) is 24.2 Å². The Bertz CT molecular complexity index is 850. The maximum atomic E-state index is 12.7. The standard InChI is InChI=1S/C18H17N3O4/c1-19-16(22)14-10-12(7-8-20-14)21(2)17(23)15-9-11-5-3-4-6-13(11)18(24)25-15/h3-8,10,15H,9H2,1-2H3,(H,19,22)/t15-/m1/s1. The van der Waals surface area contributed by atoms with Gasteiger partial charge in [0.05, 0.1) is 5.56 Å². The number of benzene rings is 1. The van der Waals surface area contributed by atoms with Crippen LogP contribution in [0.3, 0.4) is 0 Å². The number of anilines is 1. The van der Waals surface area contributed by atoms with Crippen LogP contribution in [-0.2, 0) is 16.0 Å². The zero-order valence-corrected chi connectivity index (χ0v) is 13.9. The molecule has 0 bridgehead atoms. The van der Waals surface area contributed by atoms with E-state index in [0.29, 0.717) is 17.7 Å². The average molecular weight is 339 g/mol. The molecule has 0 saturated carbocycles. The third kappa shape index (κ3) is 3.21. The molecule has 1 aliphatic heterocycles. The summed E-state index contributed by atoms with van der Waals surface area (Å²) in [6.45, 7) is 0. The van der Waals surface area contributed by atoms with Gasteiger partial charge in [-0.1, -0.05) is 18.2 Å². The Morgan fingerprint density at radius 2 is 2.04 bits per heavy atom. The van der Waals surface area contributed by atoms with Crippen molar-refractivity contribution in [2.45, 2.75) is 12.5 Å². The molecule has 0 unspecified atom stereocenters. The number of esters is 1. The topological polar surface area (TPSA) is 88.6 Å². The number of fused-ring (bicyclic) bond motifs is 1. The summed E-state index contributed by atoms with van der Waals surface area (Å²) < 4.78 is 5.29. The summed E-state index contributed by atoms with van der Waals surface area (Å²) in [5.41, 5.74) is 1.96. The normalized spacial score (nSPS) is 15.8. The minimum Gasteiger partial charge on any atom is -0.448 e. The van der Waals surface area contributed by atoms with E-state index in [0.717, 1.165) is 5.56 Å². The highest BCUT2D eigenvalue weighted by atomic mass is 16.5. The number of aromatic nitrogens is 1. The lowest BCUT2D eigenvalue weighted by atomic mass is 9.98. The van der Waals surface area contributed by atoms with Crippen molar-refractivity contribution in [3.8, 4) is 0 Å². The number of nitrogens with one attached hydrogen (secondary N) is 1. The predicted molar refractivity (Wildman–Crippen MR) is 90.4 cm³/mol. The fourth-order valence-electron chi connectivity index (χ4n) is 2.69. The number of likely N-dealkylation sites (N-methyl/N-ethyl adjacent to an activating group) is 1. The molecule has 0 spiro atoms. The first-order valence-corrected chi connectivity index (χ1v) is 7.76. The molecule has 0 radical (unpaired) electrons. The SMILES string of the molecule is CNC(=O)c1cc(N(C)C(=O)[C@H]2Cc3ccccc3C(=O)O2)ccn1. The Morgan fingerprint density at radius 1 is 1.28 bits per heavy atom. The van der Waals surface area contributed by atoms with E-state index < -0.39 is 12.1 Å². The van der Waals surface area contributed by atoms with Gasteiger partial charge in [-0.2, -0.15) is 0 Å². The zero-order chi connectivity index (χ0) is 18.0. The van der Waals surface area contributed by atoms with Crippen LogP contribution in [0.2, 0.25) is 0 Å². The molecule has 2 heterocycles. The molecule has 1 aliphatic rings. The van der Waals surface area contributed by atoms with Crippen LogP contribution in [0.1, 0.15) is 26.4 Å². The van der Waals surface area contributed by atoms with Crippen LogP contribution in [0.25, 0.3) is 0 Å². The third-order valence-corrected chi connectivity index (χ3v) is 4.09. The molecule has 1 aromatic carbocycles. The largest absolute Gasteiger partial charge is 0.448 e. The first-order valence-electron chi connectivity index (χ1n) is 7.76. The third-order valence-electron chi connectivity index (χ3n) is 4.09. The van der Waals surface area contributed by atoms with Gasteiger partial charge in [0.1, 0.15) is 5.69 Å². The van der Waals surface area contributed by atoms with E-state index in [2.05, 4.69) is 10.3 Å². The van der Waals surface area contributed by atoms with E-state index in [1.807, 2.05) is 12.1 Å². The van der Waals surface area contributed by atoms with Crippen LogP contribution in [-0.4, -0.2) is 43.0 Å². The number of cyclic esters (lactones) is 1. The van der Waals surface area contributed by atoms with Crippen LogP contribution in [0.15, 0.2) is 42.6 Å². The van der Waals surface area contributed by atoms with Crippen LogP contribution in [0.5, 0.6) is 0 Å². The molecule has 1 aromatic heterocycles. The smallest absolute Gasteiger partial charge is 0.339 e. The minimum atomic E-state index is -0.899. The van der Waals surface area contributed by atoms with E-state index in [-0.39, 0.29) is 17.5 Å². The van der Waals surface area contributed by atoms with Gasteiger partial charge in [0.15, 0.2) is 6.10 Å². The van der Waals surface area contributed by atoms with Crippen LogP contribution < -0.4 is 10.2 Å². The number of amides is 2. The predicted octanol–water partition coefficient (Wildman–Crippen LogP) is 1.19. The lowest BCUT2D eigenvalue weighted by Gasteiger charge is -2.27. The highest BCUT2D eigenvalue weighted by Crippen LogP contribution is 2.23. The summed E-state index contributed by atoms with van der Waals surface area (Å²) in [4.78, 5) is 41.8. The van der Waals surface area contributed by atoms with Gasteiger partial charge >= 0.3 is 5.97 Å². The molecule has 128 valence electrons. The molecule has 2 amide bonds. The molecule has 0 saturated heterocycles. The van der Waals surface area contributed by atoms with Crippen LogP contribution in [0.4, 0.5) is 5.69 Å². The van der Waals surface area contributed by atoms with E-state index >= 15 is 0 Å². The van der Waals surface area contributed by atoms with Gasteiger partial charge in [0.2, 0.25) is 0 Å². The lowest BCUT2D eigenvalue weighted by molar-refractivity contribution is -0.127. The number of ether oxygens (including phenoxy) is 1. The summed E-state index contributed by atoms with van der Waals surface area (Å²) in [6.07, 6.45) is 0.869. The van der Waals surface area contributed by atoms with Crippen molar-refractivity contribution in [1.29, 1.82) is 0 Å². The Labute approximate surface area is 144 Å². The molecule has 2 aromatic rings. The molecule has 1 atom stereocenters. The van der Waals surface area contributed by atoms with Crippen LogP contribution >= 0.6 is 0 Å². The highest BCUT2D eigenvalue weighted by molar-refractivity contribution is 6.01. The molecular formula is C18H17N3O4. The number of carbonyl (C=O) groups is 3. The number of nitrogens with zero attached hydrogens (tertiary/aromatic N) is 2. The van der Waals surface area contributed by atoms with Gasteiger partial charge in [-0.3, -0.25) is 14.6 Å². The van der Waals surface area contributed by atoms with Crippen molar-refractivity contribution >= 4 is 23.5 Å². The molecule has 0 fully saturated rings. The molecule has 0 aliphatic carbocycles. The van der Waals surface area contributed by atoms with Gasteiger partial charge in [0, 0.05) is 32.4 Å². The Kier molecular flexibility index (Phi) is 4.47. The lowest BCUT2D eigenvalue weighted by Crippen LogP contribution is -2.43. The fraction of sp³-hybridized carbons (Fsp3) is 0.222. The second-order valence-corrected chi connectivity index (χ2v) is 5.63. The molecule has 7 heteroatoms.